The molecule has 4 nitrogen and oxygen atoms in total. The molecule has 1 saturated carbocycles. The molecule has 0 N–H and O–H groups in total. The van der Waals surface area contributed by atoms with E-state index in [-0.39, 0.29) is 23.9 Å². The van der Waals surface area contributed by atoms with Crippen LogP contribution < -0.4 is 4.74 Å². The fourth-order valence-electron chi connectivity index (χ4n) is 6.25. The van der Waals surface area contributed by atoms with Crippen LogP contribution in [-0.4, -0.2) is 24.5 Å². The second-order valence-electron chi connectivity index (χ2n) is 11.1. The lowest BCUT2D eigenvalue weighted by Crippen LogP contribution is -2.23. The molecule has 0 atom stereocenters. The average molecular weight is 515 g/mol. The van der Waals surface area contributed by atoms with E-state index in [9.17, 15) is 14.4 Å². The fraction of sp³-hybridized carbons (Fsp3) is 0.500. The standard InChI is InChI=1S/C34H42O4/c1-4-23(5-2)12-9-13-31(35)34(37)28-19-18-27-21-32(38-3)30(22-29(27)28)33(36)26-16-14-25(15-17-26)20-24-10-7-6-8-11-24/h6-8,10-11,19,21-23,25-26H,4-5,9,12-18,20H2,1-3H3. The number of hydrogen-bond donors (Lipinski definition) is 0. The Kier molecular flexibility index (Phi) is 9.71. The smallest absolute Gasteiger partial charge is 0.228 e. The first-order valence-corrected chi connectivity index (χ1v) is 14.5. The van der Waals surface area contributed by atoms with Gasteiger partial charge in [0, 0.05) is 17.9 Å². The van der Waals surface area contributed by atoms with Crippen LogP contribution in [0, 0.1) is 17.8 Å². The van der Waals surface area contributed by atoms with Crippen molar-refractivity contribution < 1.29 is 19.1 Å². The number of hydrogen-bond acceptors (Lipinski definition) is 4. The quantitative estimate of drug-likeness (QED) is 0.204. The third-order valence-corrected chi connectivity index (χ3v) is 8.76. The van der Waals surface area contributed by atoms with Crippen molar-refractivity contribution in [2.75, 3.05) is 7.11 Å². The number of ketones is 3. The summed E-state index contributed by atoms with van der Waals surface area (Å²) in [5.74, 6) is 1.10. The van der Waals surface area contributed by atoms with Gasteiger partial charge in [-0.05, 0) is 85.6 Å². The molecule has 2 aromatic carbocycles. The van der Waals surface area contributed by atoms with Gasteiger partial charge in [-0.15, -0.1) is 0 Å². The Hall–Kier alpha value is -3.01. The number of benzene rings is 2. The summed E-state index contributed by atoms with van der Waals surface area (Å²) < 4.78 is 5.63. The van der Waals surface area contributed by atoms with Gasteiger partial charge >= 0.3 is 0 Å². The molecule has 0 amide bonds. The number of carbonyl (C=O) groups is 3. The molecule has 202 valence electrons. The number of ether oxygens (including phenoxy) is 1. The van der Waals surface area contributed by atoms with E-state index in [4.69, 9.17) is 4.74 Å². The van der Waals surface area contributed by atoms with Gasteiger partial charge in [0.25, 0.3) is 0 Å². The molecule has 0 bridgehead atoms. The summed E-state index contributed by atoms with van der Waals surface area (Å²) in [7, 11) is 1.59. The number of rotatable bonds is 13. The molecule has 0 unspecified atom stereocenters. The molecule has 0 radical (unpaired) electrons. The molecule has 2 aromatic rings. The minimum absolute atomic E-state index is 0.0368. The maximum absolute atomic E-state index is 13.7. The summed E-state index contributed by atoms with van der Waals surface area (Å²) in [6.45, 7) is 4.34. The maximum atomic E-state index is 13.7. The summed E-state index contributed by atoms with van der Waals surface area (Å²) in [6.07, 6.45) is 11.5. The molecule has 0 saturated heterocycles. The van der Waals surface area contributed by atoms with Gasteiger partial charge in [-0.3, -0.25) is 14.4 Å². The van der Waals surface area contributed by atoms with Gasteiger partial charge in [0.05, 0.1) is 12.7 Å². The lowest BCUT2D eigenvalue weighted by molar-refractivity contribution is -0.133. The minimum Gasteiger partial charge on any atom is -0.496 e. The predicted molar refractivity (Wildman–Crippen MR) is 153 cm³/mol. The van der Waals surface area contributed by atoms with Gasteiger partial charge in [-0.1, -0.05) is 69.5 Å². The average Bonchev–Trinajstić information content (AvgIpc) is 3.37. The maximum Gasteiger partial charge on any atom is 0.228 e. The lowest BCUT2D eigenvalue weighted by atomic mass is 9.76. The van der Waals surface area contributed by atoms with Crippen LogP contribution in [0.3, 0.4) is 0 Å². The topological polar surface area (TPSA) is 60.4 Å². The van der Waals surface area contributed by atoms with Crippen LogP contribution in [0.1, 0.15) is 98.7 Å². The summed E-state index contributed by atoms with van der Waals surface area (Å²) >= 11 is 0. The Morgan fingerprint density at radius 3 is 2.34 bits per heavy atom. The zero-order chi connectivity index (χ0) is 27.1. The first kappa shape index (κ1) is 28.0. The summed E-state index contributed by atoms with van der Waals surface area (Å²) in [6, 6.07) is 14.3. The number of Topliss-reactive ketones (excluding diaryl/α,β-unsaturated/α-hetero) is 3. The van der Waals surface area contributed by atoms with E-state index in [0.29, 0.717) is 35.1 Å². The molecular formula is C34H42O4. The second kappa shape index (κ2) is 13.2. The highest BCUT2D eigenvalue weighted by Crippen LogP contribution is 2.38. The Labute approximate surface area is 227 Å². The molecule has 0 heterocycles. The molecule has 4 rings (SSSR count). The van der Waals surface area contributed by atoms with Crippen molar-refractivity contribution >= 4 is 22.9 Å². The predicted octanol–water partition coefficient (Wildman–Crippen LogP) is 7.61. The van der Waals surface area contributed by atoms with Crippen LogP contribution in [0.4, 0.5) is 0 Å². The van der Waals surface area contributed by atoms with E-state index < -0.39 is 5.78 Å². The van der Waals surface area contributed by atoms with Gasteiger partial charge in [0.15, 0.2) is 5.78 Å². The summed E-state index contributed by atoms with van der Waals surface area (Å²) in [4.78, 5) is 39.5. The highest BCUT2D eigenvalue weighted by atomic mass is 16.5. The van der Waals surface area contributed by atoms with Crippen LogP contribution in [-0.2, 0) is 22.4 Å². The summed E-state index contributed by atoms with van der Waals surface area (Å²) in [5.41, 5.74) is 4.02. The van der Waals surface area contributed by atoms with Crippen LogP contribution in [0.5, 0.6) is 5.75 Å². The van der Waals surface area contributed by atoms with E-state index in [2.05, 4.69) is 38.1 Å². The first-order chi connectivity index (χ1) is 18.4. The molecule has 0 aromatic heterocycles. The third kappa shape index (κ3) is 6.51. The van der Waals surface area contributed by atoms with Gasteiger partial charge in [0.1, 0.15) is 5.75 Å². The fourth-order valence-corrected chi connectivity index (χ4v) is 6.25. The molecule has 2 aliphatic rings. The third-order valence-electron chi connectivity index (χ3n) is 8.76. The van der Waals surface area contributed by atoms with Crippen LogP contribution in [0.15, 0.2) is 48.5 Å². The van der Waals surface area contributed by atoms with Crippen molar-refractivity contribution in [3.8, 4) is 5.75 Å². The molecule has 0 aliphatic heterocycles. The SMILES string of the molecule is CCC(CC)CCCC(=O)C(=O)C1=CCc2cc(OC)c(C(=O)C3CCC(Cc4ccccc4)CC3)cc21. The number of methoxy groups -OCH3 is 1. The van der Waals surface area contributed by atoms with E-state index in [1.165, 1.54) is 5.56 Å². The highest BCUT2D eigenvalue weighted by Gasteiger charge is 2.32. The van der Waals surface area contributed by atoms with Crippen molar-refractivity contribution in [2.24, 2.45) is 17.8 Å². The molecule has 1 fully saturated rings. The van der Waals surface area contributed by atoms with Gasteiger partial charge < -0.3 is 4.74 Å². The highest BCUT2D eigenvalue weighted by molar-refractivity contribution is 6.54. The molecule has 4 heteroatoms. The van der Waals surface area contributed by atoms with Crippen molar-refractivity contribution in [1.29, 1.82) is 0 Å². The Bertz CT molecular complexity index is 1160. The lowest BCUT2D eigenvalue weighted by Gasteiger charge is -2.28. The normalized spacial score (nSPS) is 18.7. The van der Waals surface area contributed by atoms with E-state index >= 15 is 0 Å². The van der Waals surface area contributed by atoms with Crippen molar-refractivity contribution in [2.45, 2.75) is 84.5 Å². The van der Waals surface area contributed by atoms with Gasteiger partial charge in [0.2, 0.25) is 11.6 Å². The van der Waals surface area contributed by atoms with E-state index in [0.717, 1.165) is 68.9 Å². The van der Waals surface area contributed by atoms with Crippen molar-refractivity contribution in [3.05, 3.63) is 70.8 Å². The van der Waals surface area contributed by atoms with Crippen molar-refractivity contribution in [1.82, 2.24) is 0 Å². The van der Waals surface area contributed by atoms with Gasteiger partial charge in [-0.2, -0.15) is 0 Å². The van der Waals surface area contributed by atoms with Crippen LogP contribution >= 0.6 is 0 Å². The molecular weight excluding hydrogens is 472 g/mol. The zero-order valence-electron chi connectivity index (χ0n) is 23.3. The van der Waals surface area contributed by atoms with E-state index in [1.54, 1.807) is 7.11 Å². The minimum atomic E-state index is -0.418. The first-order valence-electron chi connectivity index (χ1n) is 14.5. The Balaban J connectivity index is 1.42. The number of carbonyl (C=O) groups excluding carboxylic acids is 3. The largest absolute Gasteiger partial charge is 0.496 e. The van der Waals surface area contributed by atoms with Crippen molar-refractivity contribution in [3.63, 3.8) is 0 Å². The van der Waals surface area contributed by atoms with Gasteiger partial charge in [-0.25, -0.2) is 0 Å². The molecule has 2 aliphatic carbocycles. The second-order valence-corrected chi connectivity index (χ2v) is 11.1. The Morgan fingerprint density at radius 1 is 0.974 bits per heavy atom. The zero-order valence-corrected chi connectivity index (χ0v) is 23.3. The molecule has 0 spiro atoms. The number of fused-ring (bicyclic) bond motifs is 1. The van der Waals surface area contributed by atoms with Crippen LogP contribution in [0.2, 0.25) is 0 Å². The monoisotopic (exact) mass is 514 g/mol. The summed E-state index contributed by atoms with van der Waals surface area (Å²) in [5, 5.41) is 0. The van der Waals surface area contributed by atoms with E-state index in [1.807, 2.05) is 24.3 Å². The number of allylic oxidation sites excluding steroid dienone is 2. The molecule has 38 heavy (non-hydrogen) atoms. The Morgan fingerprint density at radius 2 is 1.68 bits per heavy atom. The van der Waals surface area contributed by atoms with Crippen LogP contribution in [0.25, 0.3) is 5.57 Å².